The van der Waals surface area contributed by atoms with Gasteiger partial charge in [-0.1, -0.05) is 24.9 Å². The third kappa shape index (κ3) is 3.00. The van der Waals surface area contributed by atoms with E-state index in [1.807, 2.05) is 0 Å². The van der Waals surface area contributed by atoms with Crippen LogP contribution >= 0.6 is 11.6 Å². The molecule has 76 valence electrons. The van der Waals surface area contributed by atoms with Crippen molar-refractivity contribution < 1.29 is 4.79 Å². The lowest BCUT2D eigenvalue weighted by Crippen LogP contribution is -2.25. The quantitative estimate of drug-likeness (QED) is 0.778. The first-order valence-corrected chi connectivity index (χ1v) is 5.02. The number of nitrogens with one attached hydrogen (secondary N) is 1. The number of halogens is 1. The predicted octanol–water partition coefficient (Wildman–Crippen LogP) is 2.26. The Morgan fingerprint density at radius 2 is 2.43 bits per heavy atom. The first-order valence-electron chi connectivity index (χ1n) is 4.64. The molecular formula is C10H13ClN2O. The molecule has 0 bridgehead atoms. The number of hydrogen-bond acceptors (Lipinski definition) is 2. The molecular weight excluding hydrogens is 200 g/mol. The number of pyridine rings is 1. The maximum Gasteiger partial charge on any atom is 0.271 e. The largest absolute Gasteiger partial charge is 0.351 e. The van der Waals surface area contributed by atoms with Crippen LogP contribution in [0.15, 0.2) is 18.3 Å². The van der Waals surface area contributed by atoms with Crippen LogP contribution in [-0.2, 0) is 0 Å². The van der Waals surface area contributed by atoms with Crippen LogP contribution in [0.5, 0.6) is 0 Å². The SMILES string of the molecule is CCCCNC(=O)c1ncccc1Cl. The van der Waals surface area contributed by atoms with Gasteiger partial charge in [-0.2, -0.15) is 0 Å². The van der Waals surface area contributed by atoms with E-state index in [2.05, 4.69) is 17.2 Å². The highest BCUT2D eigenvalue weighted by molar-refractivity contribution is 6.33. The van der Waals surface area contributed by atoms with Crippen LogP contribution in [0.3, 0.4) is 0 Å². The highest BCUT2D eigenvalue weighted by atomic mass is 35.5. The van der Waals surface area contributed by atoms with Crippen molar-refractivity contribution in [2.24, 2.45) is 0 Å². The van der Waals surface area contributed by atoms with Gasteiger partial charge in [-0.3, -0.25) is 4.79 Å². The Hall–Kier alpha value is -1.09. The maximum absolute atomic E-state index is 11.5. The fourth-order valence-corrected chi connectivity index (χ4v) is 1.22. The van der Waals surface area contributed by atoms with Crippen molar-refractivity contribution >= 4 is 17.5 Å². The normalized spacial score (nSPS) is 9.86. The first-order chi connectivity index (χ1) is 6.75. The number of unbranched alkanes of at least 4 members (excludes halogenated alkanes) is 1. The molecule has 3 nitrogen and oxygen atoms in total. The van der Waals surface area contributed by atoms with Gasteiger partial charge in [-0.15, -0.1) is 0 Å². The molecule has 14 heavy (non-hydrogen) atoms. The molecule has 1 aromatic heterocycles. The minimum atomic E-state index is -0.205. The van der Waals surface area contributed by atoms with E-state index in [1.165, 1.54) is 0 Å². The third-order valence-electron chi connectivity index (χ3n) is 1.79. The molecule has 1 N–H and O–H groups in total. The van der Waals surface area contributed by atoms with Crippen LogP contribution in [-0.4, -0.2) is 17.4 Å². The minimum Gasteiger partial charge on any atom is -0.351 e. The van der Waals surface area contributed by atoms with E-state index in [1.54, 1.807) is 18.3 Å². The van der Waals surface area contributed by atoms with Gasteiger partial charge in [0.05, 0.1) is 5.02 Å². The van der Waals surface area contributed by atoms with Gasteiger partial charge in [0.1, 0.15) is 5.69 Å². The second-order valence-corrected chi connectivity index (χ2v) is 3.35. The molecule has 1 aromatic rings. The van der Waals surface area contributed by atoms with Crippen LogP contribution in [0, 0.1) is 0 Å². The Morgan fingerprint density at radius 1 is 1.64 bits per heavy atom. The molecule has 0 spiro atoms. The predicted molar refractivity (Wildman–Crippen MR) is 56.5 cm³/mol. The Kier molecular flexibility index (Phi) is 4.40. The summed E-state index contributed by atoms with van der Waals surface area (Å²) in [6.45, 7) is 2.74. The Morgan fingerprint density at radius 3 is 3.07 bits per heavy atom. The van der Waals surface area contributed by atoms with Gasteiger partial charge >= 0.3 is 0 Å². The van der Waals surface area contributed by atoms with Gasteiger partial charge in [-0.05, 0) is 18.6 Å². The summed E-state index contributed by atoms with van der Waals surface area (Å²) >= 11 is 5.81. The molecule has 0 atom stereocenters. The van der Waals surface area contributed by atoms with Crippen molar-refractivity contribution in [3.63, 3.8) is 0 Å². The molecule has 0 fully saturated rings. The van der Waals surface area contributed by atoms with E-state index in [0.717, 1.165) is 12.8 Å². The fraction of sp³-hybridized carbons (Fsp3) is 0.400. The molecule has 0 saturated carbocycles. The van der Waals surface area contributed by atoms with E-state index in [4.69, 9.17) is 11.6 Å². The zero-order chi connectivity index (χ0) is 10.4. The van der Waals surface area contributed by atoms with Crippen molar-refractivity contribution in [2.75, 3.05) is 6.54 Å². The summed E-state index contributed by atoms with van der Waals surface area (Å²) in [4.78, 5) is 15.4. The number of aromatic nitrogens is 1. The molecule has 1 amide bonds. The molecule has 0 aliphatic carbocycles. The van der Waals surface area contributed by atoms with Crippen molar-refractivity contribution in [3.05, 3.63) is 29.0 Å². The third-order valence-corrected chi connectivity index (χ3v) is 2.09. The van der Waals surface area contributed by atoms with Gasteiger partial charge in [-0.25, -0.2) is 4.98 Å². The summed E-state index contributed by atoms with van der Waals surface area (Å²) in [5.74, 6) is -0.205. The second-order valence-electron chi connectivity index (χ2n) is 2.94. The number of carbonyl (C=O) groups excluding carboxylic acids is 1. The average Bonchev–Trinajstić information content (AvgIpc) is 2.18. The number of carbonyl (C=O) groups is 1. The van der Waals surface area contributed by atoms with Crippen molar-refractivity contribution in [1.82, 2.24) is 10.3 Å². The van der Waals surface area contributed by atoms with Crippen LogP contribution in [0.2, 0.25) is 5.02 Å². The molecule has 0 aromatic carbocycles. The number of hydrogen-bond donors (Lipinski definition) is 1. The van der Waals surface area contributed by atoms with Crippen molar-refractivity contribution in [1.29, 1.82) is 0 Å². The maximum atomic E-state index is 11.5. The van der Waals surface area contributed by atoms with Gasteiger partial charge in [0.15, 0.2) is 0 Å². The van der Waals surface area contributed by atoms with E-state index < -0.39 is 0 Å². The van der Waals surface area contributed by atoms with E-state index in [0.29, 0.717) is 17.3 Å². The van der Waals surface area contributed by atoms with Crippen molar-refractivity contribution in [2.45, 2.75) is 19.8 Å². The zero-order valence-electron chi connectivity index (χ0n) is 8.09. The summed E-state index contributed by atoms with van der Waals surface area (Å²) in [5.41, 5.74) is 0.297. The number of amides is 1. The molecule has 0 unspecified atom stereocenters. The molecule has 0 radical (unpaired) electrons. The van der Waals surface area contributed by atoms with Gasteiger partial charge < -0.3 is 5.32 Å². The minimum absolute atomic E-state index is 0.205. The lowest BCUT2D eigenvalue weighted by Gasteiger charge is -2.04. The molecule has 0 aliphatic rings. The lowest BCUT2D eigenvalue weighted by atomic mass is 10.3. The Bertz CT molecular complexity index is 315. The lowest BCUT2D eigenvalue weighted by molar-refractivity contribution is 0.0948. The summed E-state index contributed by atoms with van der Waals surface area (Å²) in [7, 11) is 0. The van der Waals surface area contributed by atoms with Crippen molar-refractivity contribution in [3.8, 4) is 0 Å². The van der Waals surface area contributed by atoms with Gasteiger partial charge in [0.25, 0.3) is 5.91 Å². The number of nitrogens with zero attached hydrogens (tertiary/aromatic N) is 1. The van der Waals surface area contributed by atoms with Crippen LogP contribution < -0.4 is 5.32 Å². The summed E-state index contributed by atoms with van der Waals surface area (Å²) in [6, 6.07) is 3.36. The topological polar surface area (TPSA) is 42.0 Å². The zero-order valence-corrected chi connectivity index (χ0v) is 8.84. The highest BCUT2D eigenvalue weighted by Crippen LogP contribution is 2.11. The smallest absolute Gasteiger partial charge is 0.271 e. The van der Waals surface area contributed by atoms with Crippen LogP contribution in [0.1, 0.15) is 30.3 Å². The van der Waals surface area contributed by atoms with E-state index in [9.17, 15) is 4.79 Å². The fourth-order valence-electron chi connectivity index (χ4n) is 1.02. The molecule has 1 rings (SSSR count). The standard InChI is InChI=1S/C10H13ClN2O/c1-2-3-6-13-10(14)9-8(11)5-4-7-12-9/h4-5,7H,2-3,6H2,1H3,(H,13,14). The molecule has 1 heterocycles. The highest BCUT2D eigenvalue weighted by Gasteiger charge is 2.09. The molecule has 0 aliphatic heterocycles. The Labute approximate surface area is 88.5 Å². The Balaban J connectivity index is 2.56. The van der Waals surface area contributed by atoms with Crippen LogP contribution in [0.25, 0.3) is 0 Å². The monoisotopic (exact) mass is 212 g/mol. The molecule has 4 heteroatoms. The van der Waals surface area contributed by atoms with Gasteiger partial charge in [0, 0.05) is 12.7 Å². The summed E-state index contributed by atoms with van der Waals surface area (Å²) in [6.07, 6.45) is 3.58. The summed E-state index contributed by atoms with van der Waals surface area (Å²) < 4.78 is 0. The summed E-state index contributed by atoms with van der Waals surface area (Å²) in [5, 5.41) is 3.15. The van der Waals surface area contributed by atoms with Crippen LogP contribution in [0.4, 0.5) is 0 Å². The molecule has 0 saturated heterocycles. The van der Waals surface area contributed by atoms with E-state index >= 15 is 0 Å². The second kappa shape index (κ2) is 5.60. The van der Waals surface area contributed by atoms with Gasteiger partial charge in [0.2, 0.25) is 0 Å². The van der Waals surface area contributed by atoms with E-state index in [-0.39, 0.29) is 5.91 Å². The average molecular weight is 213 g/mol. The first kappa shape index (κ1) is 11.0. The number of rotatable bonds is 4.